The summed E-state index contributed by atoms with van der Waals surface area (Å²) in [5, 5.41) is 5.25. The van der Waals surface area contributed by atoms with Gasteiger partial charge in [-0.25, -0.2) is 13.6 Å². The van der Waals surface area contributed by atoms with Gasteiger partial charge in [-0.3, -0.25) is 9.59 Å². The minimum absolute atomic E-state index is 0.0344. The van der Waals surface area contributed by atoms with Crippen molar-refractivity contribution in [2.24, 2.45) is 0 Å². The van der Waals surface area contributed by atoms with Gasteiger partial charge in [0.25, 0.3) is 5.91 Å². The molecule has 2 aromatic rings. The van der Waals surface area contributed by atoms with Gasteiger partial charge in [0.05, 0.1) is 5.54 Å². The van der Waals surface area contributed by atoms with Gasteiger partial charge >= 0.3 is 6.09 Å². The molecule has 2 N–H and O–H groups in total. The first kappa shape index (κ1) is 24.4. The summed E-state index contributed by atoms with van der Waals surface area (Å²) in [6, 6.07) is 9.95. The topological polar surface area (TPSA) is 84.5 Å². The van der Waals surface area contributed by atoms with E-state index < -0.39 is 46.1 Å². The Balaban J connectivity index is 1.63. The Morgan fingerprint density at radius 1 is 0.939 bits per heavy atom. The van der Waals surface area contributed by atoms with Crippen LogP contribution in [0.3, 0.4) is 0 Å². The Bertz CT molecular complexity index is 1050. The minimum atomic E-state index is -1.40. The summed E-state index contributed by atoms with van der Waals surface area (Å²) >= 11 is 0. The highest BCUT2D eigenvalue weighted by Gasteiger charge is 2.40. The zero-order chi connectivity index (χ0) is 24.6. The number of hydrogen-bond acceptors (Lipinski definition) is 4. The molecule has 1 aliphatic carbocycles. The highest BCUT2D eigenvalue weighted by Crippen LogP contribution is 2.41. The maximum atomic E-state index is 13.9. The van der Waals surface area contributed by atoms with E-state index in [1.807, 2.05) is 0 Å². The SMILES string of the molecule is CC(C)(C)OC(=O)N[C@@H]1C[C@H]1c1ccc(C(=O)C(C)(C)NC(=O)c2c(F)cccc2F)cc1. The average molecular weight is 459 g/mol. The predicted molar refractivity (Wildman–Crippen MR) is 119 cm³/mol. The average Bonchev–Trinajstić information content (AvgIpc) is 3.44. The monoisotopic (exact) mass is 458 g/mol. The van der Waals surface area contributed by atoms with Gasteiger partial charge in [0, 0.05) is 17.5 Å². The van der Waals surface area contributed by atoms with Crippen molar-refractivity contribution in [2.45, 2.75) is 64.1 Å². The number of nitrogens with one attached hydrogen (secondary N) is 2. The molecule has 0 saturated heterocycles. The number of rotatable bonds is 6. The van der Waals surface area contributed by atoms with Gasteiger partial charge in [0.1, 0.15) is 22.8 Å². The molecule has 1 saturated carbocycles. The van der Waals surface area contributed by atoms with Gasteiger partial charge in [-0.15, -0.1) is 0 Å². The number of benzene rings is 2. The van der Waals surface area contributed by atoms with Crippen LogP contribution >= 0.6 is 0 Å². The van der Waals surface area contributed by atoms with E-state index in [2.05, 4.69) is 10.6 Å². The molecule has 0 bridgehead atoms. The van der Waals surface area contributed by atoms with Crippen LogP contribution < -0.4 is 10.6 Å². The van der Waals surface area contributed by atoms with E-state index in [4.69, 9.17) is 4.74 Å². The number of Topliss-reactive ketones (excluding diaryl/α,β-unsaturated/α-hetero) is 1. The molecule has 176 valence electrons. The lowest BCUT2D eigenvalue weighted by Gasteiger charge is -2.25. The molecule has 0 aromatic heterocycles. The minimum Gasteiger partial charge on any atom is -0.444 e. The third-order valence-electron chi connectivity index (χ3n) is 5.28. The Labute approximate surface area is 191 Å². The van der Waals surface area contributed by atoms with E-state index in [1.165, 1.54) is 13.8 Å². The van der Waals surface area contributed by atoms with E-state index >= 15 is 0 Å². The van der Waals surface area contributed by atoms with Gasteiger partial charge < -0.3 is 15.4 Å². The Kier molecular flexibility index (Phi) is 6.58. The summed E-state index contributed by atoms with van der Waals surface area (Å²) in [4.78, 5) is 37.3. The van der Waals surface area contributed by atoms with E-state index in [1.54, 1.807) is 45.0 Å². The van der Waals surface area contributed by atoms with Crippen LogP contribution in [0, 0.1) is 11.6 Å². The summed E-state index contributed by atoms with van der Waals surface area (Å²) < 4.78 is 33.1. The molecule has 2 atom stereocenters. The number of amides is 2. The van der Waals surface area contributed by atoms with Crippen molar-refractivity contribution in [1.29, 1.82) is 0 Å². The van der Waals surface area contributed by atoms with Crippen LogP contribution in [0.25, 0.3) is 0 Å². The fourth-order valence-electron chi connectivity index (χ4n) is 3.54. The molecule has 1 fully saturated rings. The lowest BCUT2D eigenvalue weighted by atomic mass is 9.91. The summed E-state index contributed by atoms with van der Waals surface area (Å²) in [7, 11) is 0. The summed E-state index contributed by atoms with van der Waals surface area (Å²) in [5.41, 5.74) is -1.39. The molecule has 0 radical (unpaired) electrons. The highest BCUT2D eigenvalue weighted by molar-refractivity contribution is 6.06. The van der Waals surface area contributed by atoms with Crippen LogP contribution in [0.1, 0.15) is 73.2 Å². The molecular weight excluding hydrogens is 430 g/mol. The number of ketones is 1. The first-order valence-electron chi connectivity index (χ1n) is 10.7. The van der Waals surface area contributed by atoms with Gasteiger partial charge in [-0.05, 0) is 58.7 Å². The van der Waals surface area contributed by atoms with Crippen LogP contribution in [0.4, 0.5) is 13.6 Å². The van der Waals surface area contributed by atoms with Crippen molar-refractivity contribution < 1.29 is 27.9 Å². The van der Waals surface area contributed by atoms with Gasteiger partial charge in [-0.1, -0.05) is 30.3 Å². The Morgan fingerprint density at radius 3 is 2.06 bits per heavy atom. The van der Waals surface area contributed by atoms with E-state index in [9.17, 15) is 23.2 Å². The van der Waals surface area contributed by atoms with Crippen molar-refractivity contribution in [3.05, 3.63) is 70.8 Å². The van der Waals surface area contributed by atoms with Gasteiger partial charge in [0.2, 0.25) is 0 Å². The molecule has 0 heterocycles. The lowest BCUT2D eigenvalue weighted by Crippen LogP contribution is -2.50. The smallest absolute Gasteiger partial charge is 0.407 e. The van der Waals surface area contributed by atoms with Crippen LogP contribution in [0.5, 0.6) is 0 Å². The molecule has 3 rings (SSSR count). The first-order chi connectivity index (χ1) is 15.3. The number of alkyl carbamates (subject to hydrolysis) is 1. The highest BCUT2D eigenvalue weighted by atomic mass is 19.1. The van der Waals surface area contributed by atoms with Crippen molar-refractivity contribution >= 4 is 17.8 Å². The maximum Gasteiger partial charge on any atom is 0.407 e. The zero-order valence-electron chi connectivity index (χ0n) is 19.3. The van der Waals surface area contributed by atoms with Crippen LogP contribution in [-0.2, 0) is 4.74 Å². The molecule has 1 aliphatic rings. The fraction of sp³-hybridized carbons (Fsp3) is 0.400. The largest absolute Gasteiger partial charge is 0.444 e. The van der Waals surface area contributed by atoms with E-state index in [-0.39, 0.29) is 12.0 Å². The first-order valence-corrected chi connectivity index (χ1v) is 10.7. The van der Waals surface area contributed by atoms with Crippen molar-refractivity contribution in [1.82, 2.24) is 10.6 Å². The van der Waals surface area contributed by atoms with Crippen molar-refractivity contribution in [3.8, 4) is 0 Å². The zero-order valence-corrected chi connectivity index (χ0v) is 19.3. The second kappa shape index (κ2) is 8.92. The number of carbonyl (C=O) groups excluding carboxylic acids is 3. The molecule has 0 spiro atoms. The molecule has 33 heavy (non-hydrogen) atoms. The summed E-state index contributed by atoms with van der Waals surface area (Å²) in [6.07, 6.45) is 0.299. The lowest BCUT2D eigenvalue weighted by molar-refractivity contribution is 0.0522. The number of carbonyl (C=O) groups is 3. The van der Waals surface area contributed by atoms with Crippen molar-refractivity contribution in [3.63, 3.8) is 0 Å². The van der Waals surface area contributed by atoms with E-state index in [0.29, 0.717) is 5.56 Å². The van der Waals surface area contributed by atoms with Gasteiger partial charge in [-0.2, -0.15) is 0 Å². The predicted octanol–water partition coefficient (Wildman–Crippen LogP) is 4.74. The quantitative estimate of drug-likeness (QED) is 0.613. The molecule has 8 heteroatoms. The van der Waals surface area contributed by atoms with Crippen molar-refractivity contribution in [2.75, 3.05) is 0 Å². The van der Waals surface area contributed by atoms with Gasteiger partial charge in [0.15, 0.2) is 5.78 Å². The summed E-state index contributed by atoms with van der Waals surface area (Å²) in [6.45, 7) is 8.33. The molecule has 0 unspecified atom stereocenters. The van der Waals surface area contributed by atoms with E-state index in [0.717, 1.165) is 30.2 Å². The van der Waals surface area contributed by atoms with Crippen LogP contribution in [-0.4, -0.2) is 35.0 Å². The normalized spacial score (nSPS) is 17.8. The third-order valence-corrected chi connectivity index (χ3v) is 5.28. The molecule has 2 aromatic carbocycles. The molecule has 0 aliphatic heterocycles. The second-order valence-corrected chi connectivity index (χ2v) is 9.72. The molecular formula is C25H28F2N2O4. The second-order valence-electron chi connectivity index (χ2n) is 9.72. The summed E-state index contributed by atoms with van der Waals surface area (Å²) in [5.74, 6) is -3.29. The number of hydrogen-bond donors (Lipinski definition) is 2. The van der Waals surface area contributed by atoms with Crippen LogP contribution in [0.2, 0.25) is 0 Å². The fourth-order valence-corrected chi connectivity index (χ4v) is 3.54. The number of halogens is 2. The Hall–Kier alpha value is -3.29. The third kappa shape index (κ3) is 5.94. The molecule has 2 amide bonds. The maximum absolute atomic E-state index is 13.9. The van der Waals surface area contributed by atoms with Crippen LogP contribution in [0.15, 0.2) is 42.5 Å². The Morgan fingerprint density at radius 2 is 1.52 bits per heavy atom. The number of ether oxygens (including phenoxy) is 1. The standard InChI is InChI=1S/C25H28F2N2O4/c1-24(2,3)33-23(32)28-19-13-16(19)14-9-11-15(12-10-14)21(30)25(4,5)29-22(31)20-17(26)7-6-8-18(20)27/h6-12,16,19H,13H2,1-5H3,(H,28,32)(H,29,31)/t16-,19+/m0/s1. The molecule has 6 nitrogen and oxygen atoms in total.